The van der Waals surface area contributed by atoms with Gasteiger partial charge in [-0.3, -0.25) is 4.79 Å². The van der Waals surface area contributed by atoms with Crippen LogP contribution in [0.1, 0.15) is 130 Å². The molecule has 0 spiro atoms. The predicted octanol–water partition coefficient (Wildman–Crippen LogP) is 12.0. The predicted molar refractivity (Wildman–Crippen MR) is 182 cm³/mol. The number of hydrogen-bond donors (Lipinski definition) is 0. The van der Waals surface area contributed by atoms with Crippen molar-refractivity contribution in [2.24, 2.45) is 35.5 Å². The van der Waals surface area contributed by atoms with Crippen LogP contribution in [-0.2, 0) is 4.79 Å². The number of rotatable bonds is 16. The lowest BCUT2D eigenvalue weighted by molar-refractivity contribution is -0.115. The number of ketones is 1. The highest BCUT2D eigenvalue weighted by atomic mass is 16.1. The van der Waals surface area contributed by atoms with E-state index in [9.17, 15) is 4.79 Å². The molecule has 3 atom stereocenters. The molecule has 2 fully saturated rings. The number of carbonyl (C=O) groups excluding carboxylic acids is 1. The second-order valence-electron chi connectivity index (χ2n) is 14.2. The molecule has 0 saturated heterocycles. The largest absolute Gasteiger partial charge is 0.294 e. The second kappa shape index (κ2) is 17.2. The molecule has 0 heterocycles. The molecule has 1 nitrogen and oxygen atoms in total. The van der Waals surface area contributed by atoms with Gasteiger partial charge in [-0.15, -0.1) is 0 Å². The van der Waals surface area contributed by atoms with Crippen molar-refractivity contribution in [3.05, 3.63) is 83.6 Å². The Morgan fingerprint density at radius 1 is 1.02 bits per heavy atom. The van der Waals surface area contributed by atoms with Gasteiger partial charge < -0.3 is 0 Å². The van der Waals surface area contributed by atoms with Crippen molar-refractivity contribution in [1.29, 1.82) is 0 Å². The Hall–Kier alpha value is -2.15. The molecule has 230 valence electrons. The van der Waals surface area contributed by atoms with Crippen molar-refractivity contribution in [3.63, 3.8) is 0 Å². The molecule has 0 N–H and O–H groups in total. The van der Waals surface area contributed by atoms with Gasteiger partial charge >= 0.3 is 0 Å². The number of hydrogen-bond acceptors (Lipinski definition) is 1. The molecular formula is C41H60O. The Kier molecular flexibility index (Phi) is 13.4. The minimum Gasteiger partial charge on any atom is -0.294 e. The summed E-state index contributed by atoms with van der Waals surface area (Å²) in [5.41, 5.74) is 5.06. The third-order valence-corrected chi connectivity index (χ3v) is 10.9. The summed E-state index contributed by atoms with van der Waals surface area (Å²) >= 11 is 0. The Balaban J connectivity index is 1.33. The van der Waals surface area contributed by atoms with Crippen molar-refractivity contribution in [3.8, 4) is 0 Å². The fraction of sp³-hybridized carbons (Fsp3) is 0.634. The van der Waals surface area contributed by atoms with Crippen molar-refractivity contribution in [2.75, 3.05) is 0 Å². The zero-order chi connectivity index (χ0) is 29.7. The van der Waals surface area contributed by atoms with E-state index in [0.29, 0.717) is 35.9 Å². The van der Waals surface area contributed by atoms with Crippen LogP contribution in [0.3, 0.4) is 0 Å². The average Bonchev–Trinajstić information content (AvgIpc) is 3.69. The quantitative estimate of drug-likeness (QED) is 0.134. The van der Waals surface area contributed by atoms with Crippen LogP contribution in [0, 0.1) is 35.5 Å². The van der Waals surface area contributed by atoms with Crippen molar-refractivity contribution >= 4 is 5.78 Å². The second-order valence-corrected chi connectivity index (χ2v) is 14.2. The molecular weight excluding hydrogens is 508 g/mol. The van der Waals surface area contributed by atoms with E-state index >= 15 is 0 Å². The molecule has 0 aliphatic heterocycles. The first-order valence-electron chi connectivity index (χ1n) is 17.8. The summed E-state index contributed by atoms with van der Waals surface area (Å²) < 4.78 is 0. The van der Waals surface area contributed by atoms with Crippen molar-refractivity contribution < 1.29 is 4.79 Å². The lowest BCUT2D eigenvalue weighted by Gasteiger charge is -2.38. The lowest BCUT2D eigenvalue weighted by atomic mass is 9.66. The highest BCUT2D eigenvalue weighted by molar-refractivity contribution is 5.98. The third kappa shape index (κ3) is 9.96. The van der Waals surface area contributed by atoms with Gasteiger partial charge in [0, 0.05) is 12.0 Å². The Morgan fingerprint density at radius 3 is 2.52 bits per heavy atom. The fourth-order valence-electron chi connectivity index (χ4n) is 8.07. The summed E-state index contributed by atoms with van der Waals surface area (Å²) in [6.45, 7) is 11.4. The van der Waals surface area contributed by atoms with Gasteiger partial charge in [0.15, 0.2) is 5.78 Å². The molecule has 4 aliphatic rings. The maximum Gasteiger partial charge on any atom is 0.162 e. The Morgan fingerprint density at radius 2 is 1.81 bits per heavy atom. The van der Waals surface area contributed by atoms with Crippen LogP contribution in [0.4, 0.5) is 0 Å². The molecule has 1 heteroatoms. The van der Waals surface area contributed by atoms with E-state index in [1.807, 2.05) is 0 Å². The van der Waals surface area contributed by atoms with E-state index in [1.165, 1.54) is 100 Å². The zero-order valence-corrected chi connectivity index (χ0v) is 27.3. The first kappa shape index (κ1) is 32.8. The summed E-state index contributed by atoms with van der Waals surface area (Å²) in [6.07, 6.45) is 41.7. The van der Waals surface area contributed by atoms with Gasteiger partial charge in [-0.1, -0.05) is 138 Å². The fourth-order valence-corrected chi connectivity index (χ4v) is 8.07. The van der Waals surface area contributed by atoms with E-state index in [2.05, 4.69) is 82.0 Å². The van der Waals surface area contributed by atoms with Crippen LogP contribution in [0.25, 0.3) is 0 Å². The van der Waals surface area contributed by atoms with Gasteiger partial charge in [0.05, 0.1) is 0 Å². The minimum absolute atomic E-state index is 0.359. The molecule has 0 radical (unpaired) electrons. The Bertz CT molecular complexity index is 1060. The maximum atomic E-state index is 13.3. The van der Waals surface area contributed by atoms with Crippen LogP contribution in [-0.4, -0.2) is 5.78 Å². The van der Waals surface area contributed by atoms with E-state index in [4.69, 9.17) is 0 Å². The molecule has 0 aromatic rings. The maximum absolute atomic E-state index is 13.3. The van der Waals surface area contributed by atoms with Gasteiger partial charge in [0.1, 0.15) is 0 Å². The molecule has 0 aromatic carbocycles. The van der Waals surface area contributed by atoms with E-state index < -0.39 is 0 Å². The van der Waals surface area contributed by atoms with Crippen molar-refractivity contribution in [1.82, 2.24) is 0 Å². The third-order valence-electron chi connectivity index (χ3n) is 10.9. The molecule has 0 bridgehead atoms. The summed E-state index contributed by atoms with van der Waals surface area (Å²) in [5.74, 6) is 4.32. The van der Waals surface area contributed by atoms with Gasteiger partial charge in [0.2, 0.25) is 0 Å². The first-order chi connectivity index (χ1) is 20.4. The zero-order valence-electron chi connectivity index (χ0n) is 27.3. The topological polar surface area (TPSA) is 17.1 Å². The summed E-state index contributed by atoms with van der Waals surface area (Å²) in [5, 5.41) is 0. The van der Waals surface area contributed by atoms with Gasteiger partial charge in [-0.05, 0) is 99.4 Å². The van der Waals surface area contributed by atoms with Crippen molar-refractivity contribution in [2.45, 2.75) is 130 Å². The average molecular weight is 569 g/mol. The number of carbonyl (C=O) groups is 1. The highest BCUT2D eigenvalue weighted by Gasteiger charge is 2.34. The van der Waals surface area contributed by atoms with Crippen LogP contribution < -0.4 is 0 Å². The molecule has 2 unspecified atom stereocenters. The van der Waals surface area contributed by atoms with Crippen LogP contribution in [0.5, 0.6) is 0 Å². The summed E-state index contributed by atoms with van der Waals surface area (Å²) in [6, 6.07) is 0. The molecule has 0 aromatic heterocycles. The van der Waals surface area contributed by atoms with Gasteiger partial charge in [-0.2, -0.15) is 0 Å². The van der Waals surface area contributed by atoms with E-state index in [0.717, 1.165) is 36.7 Å². The standard InChI is InChI=1S/C41H60O/c1-5-6-7-8-9-10-15-32(3)35-22-24-36(25-23-35)40-27-26-38(41(42)19-14-13-18-34-16-11-12-17-34)30-39(40)29-33(4)37-21-20-31(2)28-37/h8-10,15,20-21,26-27,30,32,34-36,39-40H,4-7,11-14,16-19,22-25,28-29H2,1-3H3/b9-8-,15-10-/t32?,35?,36?,39-,40?/m0/s1. The molecule has 0 amide bonds. The number of allylic oxidation sites excluding steroid dienone is 13. The lowest BCUT2D eigenvalue weighted by Crippen LogP contribution is -2.29. The normalized spacial score (nSPS) is 27.5. The van der Waals surface area contributed by atoms with Crippen LogP contribution in [0.2, 0.25) is 0 Å². The highest BCUT2D eigenvalue weighted by Crippen LogP contribution is 2.44. The van der Waals surface area contributed by atoms with E-state index in [-0.39, 0.29) is 0 Å². The number of unbranched alkanes of at least 4 members (excludes halogenated alkanes) is 3. The molecule has 42 heavy (non-hydrogen) atoms. The SMILES string of the molecule is C=C(C[C@H]1C=C(C(=O)CCCCC2CCCC2)C=CC1C1CCC(C(C)/C=C\C=C/CCCC)CC1)C1=CC=C(C)C1. The Labute approximate surface area is 259 Å². The smallest absolute Gasteiger partial charge is 0.162 e. The monoisotopic (exact) mass is 568 g/mol. The number of Topliss-reactive ketones (excluding diaryl/α,β-unsaturated/α-hetero) is 1. The van der Waals surface area contributed by atoms with Crippen LogP contribution >= 0.6 is 0 Å². The van der Waals surface area contributed by atoms with Crippen LogP contribution in [0.15, 0.2) is 83.6 Å². The molecule has 4 aliphatic carbocycles. The van der Waals surface area contributed by atoms with Gasteiger partial charge in [0.25, 0.3) is 0 Å². The molecule has 4 rings (SSSR count). The summed E-state index contributed by atoms with van der Waals surface area (Å²) in [7, 11) is 0. The summed E-state index contributed by atoms with van der Waals surface area (Å²) in [4.78, 5) is 13.3. The first-order valence-corrected chi connectivity index (χ1v) is 17.8. The van der Waals surface area contributed by atoms with Gasteiger partial charge in [-0.25, -0.2) is 0 Å². The van der Waals surface area contributed by atoms with E-state index in [1.54, 1.807) is 0 Å². The molecule has 2 saturated carbocycles. The minimum atomic E-state index is 0.359.